The van der Waals surface area contributed by atoms with E-state index < -0.39 is 38.4 Å². The predicted molar refractivity (Wildman–Crippen MR) is 48.5 cm³/mol. The molecular formula is C6H5FN4O4. The SMILES string of the molecule is Nc1c([N+](=O)[O-])cc([N+](=O)[O-])c(N)c1F. The molecule has 4 N–H and O–H groups in total. The third kappa shape index (κ3) is 1.61. The molecule has 0 aliphatic heterocycles. The van der Waals surface area contributed by atoms with Gasteiger partial charge in [-0.15, -0.1) is 0 Å². The fourth-order valence-electron chi connectivity index (χ4n) is 0.957. The van der Waals surface area contributed by atoms with Gasteiger partial charge in [0.15, 0.2) is 5.82 Å². The van der Waals surface area contributed by atoms with Crippen molar-refractivity contribution in [2.45, 2.75) is 0 Å². The Hall–Kier alpha value is -2.45. The van der Waals surface area contributed by atoms with E-state index in [4.69, 9.17) is 11.5 Å². The molecule has 0 atom stereocenters. The highest BCUT2D eigenvalue weighted by molar-refractivity contribution is 5.74. The zero-order chi connectivity index (χ0) is 11.7. The van der Waals surface area contributed by atoms with Crippen molar-refractivity contribution in [3.8, 4) is 0 Å². The summed E-state index contributed by atoms with van der Waals surface area (Å²) in [6.45, 7) is 0. The Balaban J connectivity index is 3.59. The second-order valence-corrected chi connectivity index (χ2v) is 2.57. The largest absolute Gasteiger partial charge is 0.391 e. The van der Waals surface area contributed by atoms with Gasteiger partial charge in [-0.25, -0.2) is 4.39 Å². The molecule has 0 unspecified atom stereocenters. The number of nitrogens with two attached hydrogens (primary N) is 2. The van der Waals surface area contributed by atoms with Crippen molar-refractivity contribution < 1.29 is 14.2 Å². The quantitative estimate of drug-likeness (QED) is 0.426. The molecule has 0 aliphatic rings. The molecule has 1 rings (SSSR count). The van der Waals surface area contributed by atoms with Gasteiger partial charge in [-0.3, -0.25) is 20.2 Å². The van der Waals surface area contributed by atoms with Gasteiger partial charge in [0.25, 0.3) is 0 Å². The van der Waals surface area contributed by atoms with E-state index in [-0.39, 0.29) is 0 Å². The van der Waals surface area contributed by atoms with Gasteiger partial charge in [0.2, 0.25) is 0 Å². The lowest BCUT2D eigenvalue weighted by Gasteiger charge is -2.02. The third-order valence-electron chi connectivity index (χ3n) is 1.69. The normalized spacial score (nSPS) is 9.93. The van der Waals surface area contributed by atoms with Crippen LogP contribution in [0.1, 0.15) is 0 Å². The predicted octanol–water partition coefficient (Wildman–Crippen LogP) is 0.806. The minimum absolute atomic E-state index is 0.522. The molecular weight excluding hydrogens is 211 g/mol. The lowest BCUT2D eigenvalue weighted by Crippen LogP contribution is -2.05. The second kappa shape index (κ2) is 3.36. The van der Waals surface area contributed by atoms with Crippen LogP contribution in [0.5, 0.6) is 0 Å². The van der Waals surface area contributed by atoms with Crippen molar-refractivity contribution in [2.75, 3.05) is 11.5 Å². The van der Waals surface area contributed by atoms with Crippen LogP contribution in [-0.2, 0) is 0 Å². The number of hydrogen-bond donors (Lipinski definition) is 2. The maximum absolute atomic E-state index is 13.1. The minimum atomic E-state index is -1.35. The van der Waals surface area contributed by atoms with Gasteiger partial charge in [0, 0.05) is 0 Å². The van der Waals surface area contributed by atoms with Gasteiger partial charge < -0.3 is 11.5 Å². The molecule has 0 radical (unpaired) electrons. The third-order valence-corrected chi connectivity index (χ3v) is 1.69. The minimum Gasteiger partial charge on any atom is -0.391 e. The summed E-state index contributed by atoms with van der Waals surface area (Å²) < 4.78 is 13.1. The molecule has 15 heavy (non-hydrogen) atoms. The zero-order valence-electron chi connectivity index (χ0n) is 7.14. The number of anilines is 2. The second-order valence-electron chi connectivity index (χ2n) is 2.57. The molecule has 8 nitrogen and oxygen atoms in total. The van der Waals surface area contributed by atoms with E-state index in [0.717, 1.165) is 0 Å². The van der Waals surface area contributed by atoms with Crippen LogP contribution in [0, 0.1) is 26.0 Å². The average Bonchev–Trinajstić information content (AvgIpc) is 2.13. The smallest absolute Gasteiger partial charge is 0.302 e. The van der Waals surface area contributed by atoms with Gasteiger partial charge in [0.1, 0.15) is 11.4 Å². The van der Waals surface area contributed by atoms with E-state index in [9.17, 15) is 24.6 Å². The van der Waals surface area contributed by atoms with Gasteiger partial charge in [-0.05, 0) is 0 Å². The Morgan fingerprint density at radius 1 is 1.07 bits per heavy atom. The molecule has 0 heterocycles. The lowest BCUT2D eigenvalue weighted by atomic mass is 10.2. The lowest BCUT2D eigenvalue weighted by molar-refractivity contribution is -0.393. The number of nitrogen functional groups attached to an aromatic ring is 2. The van der Waals surface area contributed by atoms with Crippen molar-refractivity contribution >= 4 is 22.7 Å². The summed E-state index contributed by atoms with van der Waals surface area (Å²) >= 11 is 0. The number of nitro groups is 2. The Morgan fingerprint density at radius 2 is 1.40 bits per heavy atom. The molecule has 9 heteroatoms. The molecule has 0 fully saturated rings. The molecule has 1 aromatic carbocycles. The van der Waals surface area contributed by atoms with Crippen LogP contribution < -0.4 is 11.5 Å². The fraction of sp³-hybridized carbons (Fsp3) is 0. The van der Waals surface area contributed by atoms with Crippen molar-refractivity contribution in [1.82, 2.24) is 0 Å². The van der Waals surface area contributed by atoms with Crippen LogP contribution in [-0.4, -0.2) is 9.85 Å². The number of benzene rings is 1. The Kier molecular flexibility index (Phi) is 2.38. The first-order valence-electron chi connectivity index (χ1n) is 3.52. The van der Waals surface area contributed by atoms with E-state index in [1.165, 1.54) is 0 Å². The van der Waals surface area contributed by atoms with E-state index in [1.54, 1.807) is 0 Å². The van der Waals surface area contributed by atoms with Gasteiger partial charge in [0.05, 0.1) is 15.9 Å². The van der Waals surface area contributed by atoms with Crippen molar-refractivity contribution in [2.24, 2.45) is 0 Å². The molecule has 80 valence electrons. The summed E-state index contributed by atoms with van der Waals surface area (Å²) in [5, 5.41) is 20.7. The Labute approximate surface area is 81.6 Å². The summed E-state index contributed by atoms with van der Waals surface area (Å²) in [4.78, 5) is 18.7. The van der Waals surface area contributed by atoms with Crippen LogP contribution in [0.2, 0.25) is 0 Å². The van der Waals surface area contributed by atoms with Crippen LogP contribution in [0.4, 0.5) is 27.1 Å². The molecule has 1 aromatic rings. The van der Waals surface area contributed by atoms with Gasteiger partial charge in [-0.1, -0.05) is 0 Å². The fourth-order valence-corrected chi connectivity index (χ4v) is 0.957. The molecule has 0 aromatic heterocycles. The van der Waals surface area contributed by atoms with Crippen molar-refractivity contribution in [3.05, 3.63) is 32.1 Å². The van der Waals surface area contributed by atoms with E-state index in [2.05, 4.69) is 0 Å². The summed E-state index contributed by atoms with van der Waals surface area (Å²) in [6.07, 6.45) is 0. The number of halogens is 1. The molecule has 0 aliphatic carbocycles. The number of nitro benzene ring substituents is 2. The van der Waals surface area contributed by atoms with Gasteiger partial charge in [-0.2, -0.15) is 0 Å². The number of rotatable bonds is 2. The Bertz CT molecular complexity index is 423. The van der Waals surface area contributed by atoms with Crippen molar-refractivity contribution in [1.29, 1.82) is 0 Å². The first kappa shape index (κ1) is 10.6. The molecule has 0 spiro atoms. The summed E-state index contributed by atoms with van der Waals surface area (Å²) in [5.41, 5.74) is 6.67. The maximum atomic E-state index is 13.1. The molecule has 0 amide bonds. The first-order chi connectivity index (χ1) is 6.86. The van der Waals surface area contributed by atoms with E-state index >= 15 is 0 Å². The monoisotopic (exact) mass is 216 g/mol. The van der Waals surface area contributed by atoms with Crippen LogP contribution in [0.25, 0.3) is 0 Å². The number of hydrogen-bond acceptors (Lipinski definition) is 6. The Morgan fingerprint density at radius 3 is 1.67 bits per heavy atom. The summed E-state index contributed by atoms with van der Waals surface area (Å²) in [7, 11) is 0. The average molecular weight is 216 g/mol. The van der Waals surface area contributed by atoms with Crippen LogP contribution in [0.15, 0.2) is 6.07 Å². The van der Waals surface area contributed by atoms with Gasteiger partial charge >= 0.3 is 11.4 Å². The zero-order valence-corrected chi connectivity index (χ0v) is 7.14. The highest BCUT2D eigenvalue weighted by atomic mass is 19.1. The number of nitrogens with zero attached hydrogens (tertiary/aromatic N) is 2. The topological polar surface area (TPSA) is 138 Å². The summed E-state index contributed by atoms with van der Waals surface area (Å²) in [6, 6.07) is 0.522. The van der Waals surface area contributed by atoms with Crippen molar-refractivity contribution in [3.63, 3.8) is 0 Å². The van der Waals surface area contributed by atoms with Crippen LogP contribution in [0.3, 0.4) is 0 Å². The standard InChI is InChI=1S/C6H5FN4O4/c7-4-5(8)2(10(12)13)1-3(6(4)9)11(14)15/h1H,8-9H2. The van der Waals surface area contributed by atoms with E-state index in [0.29, 0.717) is 6.07 Å². The molecule has 0 saturated carbocycles. The highest BCUT2D eigenvalue weighted by Gasteiger charge is 2.27. The van der Waals surface area contributed by atoms with E-state index in [1.807, 2.05) is 0 Å². The summed E-state index contributed by atoms with van der Waals surface area (Å²) in [5.74, 6) is -1.35. The van der Waals surface area contributed by atoms with Crippen LogP contribution >= 0.6 is 0 Å². The maximum Gasteiger partial charge on any atom is 0.302 e. The molecule has 0 saturated heterocycles. The highest BCUT2D eigenvalue weighted by Crippen LogP contribution is 2.35. The first-order valence-corrected chi connectivity index (χ1v) is 3.52. The molecule has 0 bridgehead atoms.